The number of rotatable bonds is 5. The van der Waals surface area contributed by atoms with Gasteiger partial charge in [0.2, 0.25) is 0 Å². The predicted octanol–water partition coefficient (Wildman–Crippen LogP) is 2.52. The van der Waals surface area contributed by atoms with Crippen LogP contribution in [0, 0.1) is 5.92 Å². The van der Waals surface area contributed by atoms with E-state index in [1.54, 1.807) is 0 Å². The summed E-state index contributed by atoms with van der Waals surface area (Å²) in [4.78, 5) is 4.38. The third-order valence-electron chi connectivity index (χ3n) is 3.88. The monoisotopic (exact) mass is 235 g/mol. The SMILES string of the molecule is CC(CCc1nccn1C)CC1CCCCN1. The molecule has 1 aromatic heterocycles. The minimum atomic E-state index is 0.764. The van der Waals surface area contributed by atoms with Crippen molar-refractivity contribution in [3.63, 3.8) is 0 Å². The summed E-state index contributed by atoms with van der Waals surface area (Å²) in [5.74, 6) is 2.01. The van der Waals surface area contributed by atoms with Gasteiger partial charge in [0.25, 0.3) is 0 Å². The van der Waals surface area contributed by atoms with E-state index in [2.05, 4.69) is 28.8 Å². The lowest BCUT2D eigenvalue weighted by Gasteiger charge is -2.26. The van der Waals surface area contributed by atoms with Gasteiger partial charge in [-0.25, -0.2) is 4.98 Å². The van der Waals surface area contributed by atoms with Crippen molar-refractivity contribution in [2.24, 2.45) is 13.0 Å². The Morgan fingerprint density at radius 1 is 1.53 bits per heavy atom. The van der Waals surface area contributed by atoms with Gasteiger partial charge in [-0.05, 0) is 38.1 Å². The standard InChI is InChI=1S/C14H25N3/c1-12(11-13-5-3-4-8-15-13)6-7-14-16-9-10-17(14)2/h9-10,12-13,15H,3-8,11H2,1-2H3. The summed E-state index contributed by atoms with van der Waals surface area (Å²) in [5.41, 5.74) is 0. The number of nitrogens with zero attached hydrogens (tertiary/aromatic N) is 2. The number of hydrogen-bond donors (Lipinski definition) is 1. The molecular weight excluding hydrogens is 210 g/mol. The second kappa shape index (κ2) is 6.20. The molecule has 0 aliphatic carbocycles. The Balaban J connectivity index is 1.70. The zero-order valence-corrected chi connectivity index (χ0v) is 11.2. The van der Waals surface area contributed by atoms with Gasteiger partial charge in [0.15, 0.2) is 0 Å². The van der Waals surface area contributed by atoms with Crippen molar-refractivity contribution in [1.29, 1.82) is 0 Å². The molecule has 3 heteroatoms. The first-order valence-corrected chi connectivity index (χ1v) is 6.95. The van der Waals surface area contributed by atoms with Crippen molar-refractivity contribution in [2.45, 2.75) is 51.5 Å². The van der Waals surface area contributed by atoms with Crippen molar-refractivity contribution >= 4 is 0 Å². The third-order valence-corrected chi connectivity index (χ3v) is 3.88. The van der Waals surface area contributed by atoms with Crippen molar-refractivity contribution in [3.8, 4) is 0 Å². The molecule has 0 amide bonds. The average molecular weight is 235 g/mol. The zero-order valence-electron chi connectivity index (χ0n) is 11.2. The maximum atomic E-state index is 4.38. The molecule has 0 aromatic carbocycles. The molecule has 2 heterocycles. The van der Waals surface area contributed by atoms with Crippen LogP contribution in [0.1, 0.15) is 44.9 Å². The minimum Gasteiger partial charge on any atom is -0.338 e. The van der Waals surface area contributed by atoms with Gasteiger partial charge >= 0.3 is 0 Å². The number of nitrogens with one attached hydrogen (secondary N) is 1. The van der Waals surface area contributed by atoms with E-state index in [9.17, 15) is 0 Å². The molecule has 1 N–H and O–H groups in total. The highest BCUT2D eigenvalue weighted by Crippen LogP contribution is 2.18. The summed E-state index contributed by atoms with van der Waals surface area (Å²) in [6, 6.07) is 0.764. The maximum Gasteiger partial charge on any atom is 0.108 e. The van der Waals surface area contributed by atoms with Crippen LogP contribution in [0.15, 0.2) is 12.4 Å². The molecule has 1 saturated heterocycles. The normalized spacial score (nSPS) is 22.6. The first-order chi connectivity index (χ1) is 8.25. The van der Waals surface area contributed by atoms with Crippen molar-refractivity contribution in [3.05, 3.63) is 18.2 Å². The molecule has 3 nitrogen and oxygen atoms in total. The first-order valence-electron chi connectivity index (χ1n) is 6.95. The third kappa shape index (κ3) is 3.84. The van der Waals surface area contributed by atoms with Crippen molar-refractivity contribution in [1.82, 2.24) is 14.9 Å². The molecule has 1 aliphatic rings. The van der Waals surface area contributed by atoms with Crippen molar-refractivity contribution in [2.75, 3.05) is 6.54 Å². The smallest absolute Gasteiger partial charge is 0.108 e. The quantitative estimate of drug-likeness (QED) is 0.850. The van der Waals surface area contributed by atoms with Crippen LogP contribution in [0.4, 0.5) is 0 Å². The molecule has 0 saturated carbocycles. The zero-order chi connectivity index (χ0) is 12.1. The lowest BCUT2D eigenvalue weighted by Crippen LogP contribution is -2.35. The van der Waals surface area contributed by atoms with Gasteiger partial charge in [-0.2, -0.15) is 0 Å². The molecule has 2 atom stereocenters. The average Bonchev–Trinajstić information content (AvgIpc) is 2.74. The number of aromatic nitrogens is 2. The number of piperidine rings is 1. The molecule has 2 unspecified atom stereocenters. The largest absolute Gasteiger partial charge is 0.338 e. The Labute approximate surface area is 105 Å². The molecule has 1 aromatic rings. The van der Waals surface area contributed by atoms with Gasteiger partial charge in [0.1, 0.15) is 5.82 Å². The van der Waals surface area contributed by atoms with Crippen LogP contribution >= 0.6 is 0 Å². The molecule has 0 radical (unpaired) electrons. The molecular formula is C14H25N3. The fourth-order valence-corrected chi connectivity index (χ4v) is 2.74. The molecule has 0 spiro atoms. The second-order valence-electron chi connectivity index (χ2n) is 5.48. The van der Waals surface area contributed by atoms with Crippen LogP contribution in [0.3, 0.4) is 0 Å². The molecule has 0 bridgehead atoms. The Hall–Kier alpha value is -0.830. The summed E-state index contributed by atoms with van der Waals surface area (Å²) in [6.45, 7) is 3.59. The van der Waals surface area contributed by atoms with Crippen LogP contribution in [0.2, 0.25) is 0 Å². The van der Waals surface area contributed by atoms with Gasteiger partial charge < -0.3 is 9.88 Å². The van der Waals surface area contributed by atoms with Gasteiger partial charge in [-0.1, -0.05) is 13.3 Å². The lowest BCUT2D eigenvalue weighted by atomic mass is 9.92. The van der Waals surface area contributed by atoms with E-state index in [0.717, 1.165) is 18.4 Å². The van der Waals surface area contributed by atoms with E-state index in [0.29, 0.717) is 0 Å². The van der Waals surface area contributed by atoms with Crippen LogP contribution in [0.5, 0.6) is 0 Å². The van der Waals surface area contributed by atoms with Gasteiger partial charge in [-0.3, -0.25) is 0 Å². The topological polar surface area (TPSA) is 29.9 Å². The molecule has 2 rings (SSSR count). The Morgan fingerprint density at radius 2 is 2.41 bits per heavy atom. The van der Waals surface area contributed by atoms with Gasteiger partial charge in [-0.15, -0.1) is 0 Å². The van der Waals surface area contributed by atoms with Crippen LogP contribution < -0.4 is 5.32 Å². The Kier molecular flexibility index (Phi) is 4.60. The van der Waals surface area contributed by atoms with Crippen molar-refractivity contribution < 1.29 is 0 Å². The predicted molar refractivity (Wildman–Crippen MR) is 71.0 cm³/mol. The fraction of sp³-hybridized carbons (Fsp3) is 0.786. The molecule has 96 valence electrons. The summed E-state index contributed by atoms with van der Waals surface area (Å²) < 4.78 is 2.13. The molecule has 1 fully saturated rings. The highest BCUT2D eigenvalue weighted by molar-refractivity contribution is 4.91. The van der Waals surface area contributed by atoms with Gasteiger partial charge in [0, 0.05) is 31.9 Å². The highest BCUT2D eigenvalue weighted by atomic mass is 15.0. The maximum absolute atomic E-state index is 4.38. The van der Waals surface area contributed by atoms with E-state index >= 15 is 0 Å². The van der Waals surface area contributed by atoms with Gasteiger partial charge in [0.05, 0.1) is 0 Å². The van der Waals surface area contributed by atoms with E-state index in [-0.39, 0.29) is 0 Å². The Bertz CT molecular complexity index is 326. The number of imidazole rings is 1. The second-order valence-corrected chi connectivity index (χ2v) is 5.48. The number of aryl methyl sites for hydroxylation is 2. The van der Waals surface area contributed by atoms with Crippen LogP contribution in [0.25, 0.3) is 0 Å². The summed E-state index contributed by atoms with van der Waals surface area (Å²) in [5, 5.41) is 3.63. The van der Waals surface area contributed by atoms with Crippen LogP contribution in [-0.4, -0.2) is 22.1 Å². The lowest BCUT2D eigenvalue weighted by molar-refractivity contribution is 0.328. The van der Waals surface area contributed by atoms with E-state index in [1.807, 2.05) is 12.4 Å². The summed E-state index contributed by atoms with van der Waals surface area (Å²) >= 11 is 0. The fourth-order valence-electron chi connectivity index (χ4n) is 2.74. The number of hydrogen-bond acceptors (Lipinski definition) is 2. The summed E-state index contributed by atoms with van der Waals surface area (Å²) in [7, 11) is 2.08. The summed E-state index contributed by atoms with van der Waals surface area (Å²) in [6.07, 6.45) is 11.7. The highest BCUT2D eigenvalue weighted by Gasteiger charge is 2.15. The molecule has 17 heavy (non-hydrogen) atoms. The van der Waals surface area contributed by atoms with E-state index in [4.69, 9.17) is 0 Å². The Morgan fingerprint density at radius 3 is 3.06 bits per heavy atom. The van der Waals surface area contributed by atoms with E-state index < -0.39 is 0 Å². The first kappa shape index (κ1) is 12.6. The van der Waals surface area contributed by atoms with Crippen LogP contribution in [-0.2, 0) is 13.5 Å². The minimum absolute atomic E-state index is 0.764. The molecule has 1 aliphatic heterocycles. The van der Waals surface area contributed by atoms with E-state index in [1.165, 1.54) is 44.5 Å².